The third-order valence-corrected chi connectivity index (χ3v) is 4.99. The Morgan fingerprint density at radius 3 is 2.37 bits per heavy atom. The van der Waals surface area contributed by atoms with Gasteiger partial charge in [-0.15, -0.1) is 0 Å². The first-order valence-corrected chi connectivity index (χ1v) is 10.0. The Labute approximate surface area is 174 Å². The predicted molar refractivity (Wildman–Crippen MR) is 117 cm³/mol. The van der Waals surface area contributed by atoms with E-state index in [1.807, 2.05) is 69.3 Å². The number of fused-ring (bicyclic) bond motifs is 2. The number of hydrogen-bond acceptors (Lipinski definition) is 6. The Hall–Kier alpha value is -3.61. The van der Waals surface area contributed by atoms with Crippen LogP contribution < -0.4 is 10.5 Å². The molecule has 4 rings (SSSR count). The number of hydrogen-bond donors (Lipinski definition) is 1. The van der Waals surface area contributed by atoms with Gasteiger partial charge in [-0.2, -0.15) is 0 Å². The molecule has 2 heterocycles. The van der Waals surface area contributed by atoms with Gasteiger partial charge < -0.3 is 15.2 Å². The first kappa shape index (κ1) is 19.7. The number of para-hydroxylation sites is 2. The minimum atomic E-state index is -0.499. The highest BCUT2D eigenvalue weighted by Gasteiger charge is 2.26. The molecule has 0 aliphatic heterocycles. The van der Waals surface area contributed by atoms with Crippen LogP contribution >= 0.6 is 0 Å². The lowest BCUT2D eigenvalue weighted by atomic mass is 10.2. The molecule has 154 valence electrons. The van der Waals surface area contributed by atoms with E-state index in [9.17, 15) is 4.79 Å². The molecular formula is C23H24N4O3. The van der Waals surface area contributed by atoms with Crippen LogP contribution in [-0.4, -0.2) is 33.2 Å². The van der Waals surface area contributed by atoms with Gasteiger partial charge in [0.2, 0.25) is 0 Å². The van der Waals surface area contributed by atoms with Crippen molar-refractivity contribution in [2.45, 2.75) is 33.3 Å². The van der Waals surface area contributed by atoms with E-state index in [4.69, 9.17) is 25.2 Å². The highest BCUT2D eigenvalue weighted by molar-refractivity contribution is 6.09. The summed E-state index contributed by atoms with van der Waals surface area (Å²) < 4.78 is 12.8. The standard InChI is InChI=1S/C23H24N4O3/c1-4-14(3)30-23(28)19-20-22(26-18-9-7-6-8-17(18)25-20)27(21(19)24)15-10-12-16(13-11-15)29-5-2/h6-14H,4-5,24H2,1-3H3/t14-/m0/s1. The third-order valence-electron chi connectivity index (χ3n) is 4.99. The summed E-state index contributed by atoms with van der Waals surface area (Å²) >= 11 is 0. The van der Waals surface area contributed by atoms with Gasteiger partial charge in [-0.3, -0.25) is 4.57 Å². The second kappa shape index (κ2) is 8.02. The molecule has 0 amide bonds. The van der Waals surface area contributed by atoms with Crippen molar-refractivity contribution in [2.75, 3.05) is 12.3 Å². The molecule has 0 aliphatic carbocycles. The molecule has 7 nitrogen and oxygen atoms in total. The van der Waals surface area contributed by atoms with E-state index in [0.29, 0.717) is 29.7 Å². The van der Waals surface area contributed by atoms with Crippen LogP contribution in [0.15, 0.2) is 48.5 Å². The molecule has 2 aromatic heterocycles. The van der Waals surface area contributed by atoms with E-state index in [2.05, 4.69) is 0 Å². The van der Waals surface area contributed by atoms with Crippen LogP contribution in [0.1, 0.15) is 37.6 Å². The van der Waals surface area contributed by atoms with Gasteiger partial charge in [-0.25, -0.2) is 14.8 Å². The molecule has 0 unspecified atom stereocenters. The summed E-state index contributed by atoms with van der Waals surface area (Å²) in [5.74, 6) is 0.503. The van der Waals surface area contributed by atoms with Gasteiger partial charge in [0.15, 0.2) is 5.65 Å². The van der Waals surface area contributed by atoms with Crippen molar-refractivity contribution in [2.24, 2.45) is 0 Å². The van der Waals surface area contributed by atoms with Gasteiger partial charge in [-0.05, 0) is 56.7 Å². The molecule has 2 aromatic carbocycles. The minimum absolute atomic E-state index is 0.228. The third kappa shape index (κ3) is 3.43. The first-order valence-electron chi connectivity index (χ1n) is 10.0. The lowest BCUT2D eigenvalue weighted by Crippen LogP contribution is -2.15. The lowest BCUT2D eigenvalue weighted by molar-refractivity contribution is 0.0338. The van der Waals surface area contributed by atoms with Gasteiger partial charge in [0.25, 0.3) is 0 Å². The molecule has 0 spiro atoms. The second-order valence-corrected chi connectivity index (χ2v) is 7.03. The van der Waals surface area contributed by atoms with E-state index in [1.165, 1.54) is 0 Å². The zero-order valence-corrected chi connectivity index (χ0v) is 17.3. The SMILES string of the molecule is CCOc1ccc(-n2c(N)c(C(=O)O[C@@H](C)CC)c3nc4ccccc4nc32)cc1. The van der Waals surface area contributed by atoms with Crippen molar-refractivity contribution >= 4 is 34.0 Å². The molecule has 4 aromatic rings. The molecule has 0 saturated heterocycles. The number of anilines is 1. The maximum absolute atomic E-state index is 13.0. The van der Waals surface area contributed by atoms with Gasteiger partial charge in [0.1, 0.15) is 22.6 Å². The minimum Gasteiger partial charge on any atom is -0.494 e. The first-order chi connectivity index (χ1) is 14.5. The Bertz CT molecular complexity index is 1210. The number of rotatable bonds is 6. The number of nitrogen functional groups attached to an aromatic ring is 1. The Morgan fingerprint density at radius 2 is 1.73 bits per heavy atom. The van der Waals surface area contributed by atoms with Crippen molar-refractivity contribution in [1.29, 1.82) is 0 Å². The summed E-state index contributed by atoms with van der Waals surface area (Å²) in [5, 5.41) is 0. The zero-order valence-electron chi connectivity index (χ0n) is 17.3. The summed E-state index contributed by atoms with van der Waals surface area (Å²) in [5.41, 5.74) is 9.80. The van der Waals surface area contributed by atoms with Crippen molar-refractivity contribution in [3.8, 4) is 11.4 Å². The van der Waals surface area contributed by atoms with E-state index >= 15 is 0 Å². The van der Waals surface area contributed by atoms with E-state index < -0.39 is 5.97 Å². The van der Waals surface area contributed by atoms with Crippen molar-refractivity contribution in [3.05, 3.63) is 54.1 Å². The van der Waals surface area contributed by atoms with Crippen LogP contribution in [0.5, 0.6) is 5.75 Å². The fourth-order valence-electron chi connectivity index (χ4n) is 3.31. The number of nitrogens with two attached hydrogens (primary N) is 1. The van der Waals surface area contributed by atoms with Crippen LogP contribution in [-0.2, 0) is 4.74 Å². The van der Waals surface area contributed by atoms with Gasteiger partial charge >= 0.3 is 5.97 Å². The summed E-state index contributed by atoms with van der Waals surface area (Å²) in [6, 6.07) is 15.0. The average Bonchev–Trinajstić information content (AvgIpc) is 3.03. The highest BCUT2D eigenvalue weighted by atomic mass is 16.5. The molecular weight excluding hydrogens is 380 g/mol. The van der Waals surface area contributed by atoms with Gasteiger partial charge in [-0.1, -0.05) is 19.1 Å². The van der Waals surface area contributed by atoms with Gasteiger partial charge in [0.05, 0.1) is 23.7 Å². The lowest BCUT2D eigenvalue weighted by Gasteiger charge is -2.11. The average molecular weight is 404 g/mol. The predicted octanol–water partition coefficient (Wildman–Crippen LogP) is 4.51. The fraction of sp³-hybridized carbons (Fsp3) is 0.261. The van der Waals surface area contributed by atoms with Crippen molar-refractivity contribution < 1.29 is 14.3 Å². The number of carbonyl (C=O) groups is 1. The second-order valence-electron chi connectivity index (χ2n) is 7.03. The Balaban J connectivity index is 1.95. The summed E-state index contributed by atoms with van der Waals surface area (Å²) in [4.78, 5) is 22.4. The van der Waals surface area contributed by atoms with Crippen LogP contribution in [0.25, 0.3) is 27.9 Å². The Morgan fingerprint density at radius 1 is 1.07 bits per heavy atom. The molecule has 0 radical (unpaired) electrons. The topological polar surface area (TPSA) is 92.3 Å². The number of benzene rings is 2. The maximum atomic E-state index is 13.0. The molecule has 2 N–H and O–H groups in total. The molecule has 1 atom stereocenters. The monoisotopic (exact) mass is 404 g/mol. The van der Waals surface area contributed by atoms with E-state index in [-0.39, 0.29) is 17.5 Å². The fourth-order valence-corrected chi connectivity index (χ4v) is 3.31. The summed E-state index contributed by atoms with van der Waals surface area (Å²) in [6.07, 6.45) is 0.479. The van der Waals surface area contributed by atoms with Gasteiger partial charge in [0, 0.05) is 5.69 Å². The van der Waals surface area contributed by atoms with Crippen LogP contribution in [0.4, 0.5) is 5.82 Å². The van der Waals surface area contributed by atoms with Crippen LogP contribution in [0, 0.1) is 0 Å². The van der Waals surface area contributed by atoms with Crippen LogP contribution in [0.3, 0.4) is 0 Å². The van der Waals surface area contributed by atoms with E-state index in [1.54, 1.807) is 4.57 Å². The molecule has 30 heavy (non-hydrogen) atoms. The largest absolute Gasteiger partial charge is 0.494 e. The zero-order chi connectivity index (χ0) is 21.3. The summed E-state index contributed by atoms with van der Waals surface area (Å²) in [6.45, 7) is 6.32. The maximum Gasteiger partial charge on any atom is 0.344 e. The molecule has 0 saturated carbocycles. The van der Waals surface area contributed by atoms with Crippen molar-refractivity contribution in [1.82, 2.24) is 14.5 Å². The van der Waals surface area contributed by atoms with E-state index in [0.717, 1.165) is 17.0 Å². The summed E-state index contributed by atoms with van der Waals surface area (Å²) in [7, 11) is 0. The number of nitrogens with zero attached hydrogens (tertiary/aromatic N) is 3. The highest BCUT2D eigenvalue weighted by Crippen LogP contribution is 2.32. The Kier molecular flexibility index (Phi) is 5.27. The number of carbonyl (C=O) groups excluding carboxylic acids is 1. The smallest absolute Gasteiger partial charge is 0.344 e. The number of ether oxygens (including phenoxy) is 2. The molecule has 0 aliphatic rings. The van der Waals surface area contributed by atoms with Crippen LogP contribution in [0.2, 0.25) is 0 Å². The number of aromatic nitrogens is 3. The molecule has 0 fully saturated rings. The van der Waals surface area contributed by atoms with Crippen molar-refractivity contribution in [3.63, 3.8) is 0 Å². The molecule has 0 bridgehead atoms. The quantitative estimate of drug-likeness (QED) is 0.475. The number of esters is 1. The normalized spacial score (nSPS) is 12.2. The molecule has 7 heteroatoms.